The summed E-state index contributed by atoms with van der Waals surface area (Å²) in [5.74, 6) is -0.175. The van der Waals surface area contributed by atoms with E-state index in [0.29, 0.717) is 23.0 Å². The van der Waals surface area contributed by atoms with Gasteiger partial charge in [0, 0.05) is 23.6 Å². The van der Waals surface area contributed by atoms with Gasteiger partial charge in [0.05, 0.1) is 17.5 Å². The normalized spacial score (nSPS) is 11.3. The van der Waals surface area contributed by atoms with Crippen molar-refractivity contribution in [3.8, 4) is 11.4 Å². The summed E-state index contributed by atoms with van der Waals surface area (Å²) in [5, 5.41) is 6.49. The molecule has 31 heavy (non-hydrogen) atoms. The van der Waals surface area contributed by atoms with Crippen LogP contribution in [0.15, 0.2) is 77.6 Å². The second-order valence-electron chi connectivity index (χ2n) is 6.58. The third-order valence-electron chi connectivity index (χ3n) is 4.49. The number of rotatable bonds is 5. The summed E-state index contributed by atoms with van der Waals surface area (Å²) in [6.07, 6.45) is -1.24. The number of aromatic nitrogens is 3. The van der Waals surface area contributed by atoms with E-state index in [9.17, 15) is 18.0 Å². The number of hydrogen-bond acceptors (Lipinski definition) is 5. The molecule has 156 valence electrons. The molecular weight excluding hydrogens is 409 g/mol. The molecule has 0 spiro atoms. The van der Waals surface area contributed by atoms with E-state index in [0.717, 1.165) is 17.7 Å². The lowest BCUT2D eigenvalue weighted by Gasteiger charge is -2.14. The number of hydrogen-bond donors (Lipinski definition) is 1. The van der Waals surface area contributed by atoms with Gasteiger partial charge in [-0.1, -0.05) is 35.5 Å². The van der Waals surface area contributed by atoms with Crippen LogP contribution in [0.3, 0.4) is 0 Å². The lowest BCUT2D eigenvalue weighted by Crippen LogP contribution is -2.19. The predicted molar refractivity (Wildman–Crippen MR) is 106 cm³/mol. The van der Waals surface area contributed by atoms with Crippen LogP contribution in [0.25, 0.3) is 11.4 Å². The van der Waals surface area contributed by atoms with Crippen molar-refractivity contribution in [1.29, 1.82) is 0 Å². The molecule has 6 nitrogen and oxygen atoms in total. The second kappa shape index (κ2) is 8.39. The van der Waals surface area contributed by atoms with Crippen LogP contribution in [-0.4, -0.2) is 21.0 Å². The molecule has 0 aliphatic carbocycles. The third-order valence-corrected chi connectivity index (χ3v) is 4.49. The maximum Gasteiger partial charge on any atom is 0.417 e. The van der Waals surface area contributed by atoms with Crippen molar-refractivity contribution < 1.29 is 22.5 Å². The Kier molecular flexibility index (Phi) is 5.48. The molecule has 9 heteroatoms. The number of nitrogens with one attached hydrogen (secondary N) is 1. The summed E-state index contributed by atoms with van der Waals surface area (Å²) in [7, 11) is 0. The molecule has 2 aromatic heterocycles. The molecule has 4 rings (SSSR count). The van der Waals surface area contributed by atoms with Gasteiger partial charge in [-0.15, -0.1) is 0 Å². The average molecular weight is 424 g/mol. The van der Waals surface area contributed by atoms with Crippen molar-refractivity contribution in [3.05, 3.63) is 95.6 Å². The zero-order valence-corrected chi connectivity index (χ0v) is 15.9. The number of pyridine rings is 1. The molecule has 0 aliphatic heterocycles. The van der Waals surface area contributed by atoms with E-state index in [1.165, 1.54) is 12.1 Å². The van der Waals surface area contributed by atoms with E-state index in [1.54, 1.807) is 48.8 Å². The lowest BCUT2D eigenvalue weighted by molar-refractivity contribution is -0.137. The highest BCUT2D eigenvalue weighted by molar-refractivity contribution is 6.05. The monoisotopic (exact) mass is 424 g/mol. The zero-order valence-electron chi connectivity index (χ0n) is 15.9. The Morgan fingerprint density at radius 1 is 0.968 bits per heavy atom. The molecule has 0 aliphatic rings. The first-order valence-electron chi connectivity index (χ1n) is 9.20. The molecule has 2 aromatic carbocycles. The van der Waals surface area contributed by atoms with Crippen molar-refractivity contribution in [3.63, 3.8) is 0 Å². The van der Waals surface area contributed by atoms with E-state index in [-0.39, 0.29) is 6.42 Å². The van der Waals surface area contributed by atoms with Gasteiger partial charge in [0.2, 0.25) is 11.7 Å². The first kappa shape index (κ1) is 20.3. The summed E-state index contributed by atoms with van der Waals surface area (Å²) in [5.41, 5.74) is 0.250. The summed E-state index contributed by atoms with van der Waals surface area (Å²) >= 11 is 0. The Morgan fingerprint density at radius 3 is 2.45 bits per heavy atom. The highest BCUT2D eigenvalue weighted by Gasteiger charge is 2.34. The SMILES string of the molecule is O=C(Nc1ccccc1Cc1nc(-c2ccncc2)no1)c1ccccc1C(F)(F)F. The van der Waals surface area contributed by atoms with Crippen LogP contribution in [0.1, 0.15) is 27.4 Å². The highest BCUT2D eigenvalue weighted by Crippen LogP contribution is 2.32. The van der Waals surface area contributed by atoms with E-state index < -0.39 is 23.2 Å². The number of para-hydroxylation sites is 1. The van der Waals surface area contributed by atoms with Gasteiger partial charge in [-0.2, -0.15) is 18.2 Å². The quantitative estimate of drug-likeness (QED) is 0.488. The molecule has 0 fully saturated rings. The van der Waals surface area contributed by atoms with Gasteiger partial charge >= 0.3 is 6.18 Å². The molecule has 0 radical (unpaired) electrons. The van der Waals surface area contributed by atoms with E-state index >= 15 is 0 Å². The first-order valence-corrected chi connectivity index (χ1v) is 9.20. The van der Waals surface area contributed by atoms with Crippen LogP contribution < -0.4 is 5.32 Å². The van der Waals surface area contributed by atoms with Crippen LogP contribution in [0.5, 0.6) is 0 Å². The maximum atomic E-state index is 13.2. The maximum absolute atomic E-state index is 13.2. The largest absolute Gasteiger partial charge is 0.417 e. The zero-order chi connectivity index (χ0) is 21.8. The Hall–Kier alpha value is -4.01. The van der Waals surface area contributed by atoms with Gasteiger partial charge in [-0.05, 0) is 35.9 Å². The molecule has 0 unspecified atom stereocenters. The Balaban J connectivity index is 1.57. The summed E-state index contributed by atoms with van der Waals surface area (Å²) < 4.78 is 45.0. The predicted octanol–water partition coefficient (Wildman–Crippen LogP) is 4.99. The van der Waals surface area contributed by atoms with Crippen molar-refractivity contribution in [2.24, 2.45) is 0 Å². The number of anilines is 1. The topological polar surface area (TPSA) is 80.9 Å². The second-order valence-corrected chi connectivity index (χ2v) is 6.58. The number of carbonyl (C=O) groups excluding carboxylic acids is 1. The third kappa shape index (κ3) is 4.61. The van der Waals surface area contributed by atoms with Gasteiger partial charge < -0.3 is 9.84 Å². The van der Waals surface area contributed by atoms with Crippen LogP contribution in [0.2, 0.25) is 0 Å². The molecule has 0 saturated carbocycles. The molecule has 1 amide bonds. The number of alkyl halides is 3. The number of halogens is 3. The number of benzene rings is 2. The minimum atomic E-state index is -4.64. The molecule has 2 heterocycles. The van der Waals surface area contributed by atoms with Crippen molar-refractivity contribution in [2.45, 2.75) is 12.6 Å². The highest BCUT2D eigenvalue weighted by atomic mass is 19.4. The van der Waals surface area contributed by atoms with Crippen molar-refractivity contribution >= 4 is 11.6 Å². The number of nitrogens with zero attached hydrogens (tertiary/aromatic N) is 3. The Labute approximate surface area is 174 Å². The molecule has 0 atom stereocenters. The molecule has 4 aromatic rings. The molecule has 1 N–H and O–H groups in total. The van der Waals surface area contributed by atoms with E-state index in [4.69, 9.17) is 4.52 Å². The fourth-order valence-corrected chi connectivity index (χ4v) is 3.02. The Bertz CT molecular complexity index is 1210. The summed E-state index contributed by atoms with van der Waals surface area (Å²) in [6, 6.07) is 14.9. The van der Waals surface area contributed by atoms with Crippen LogP contribution in [-0.2, 0) is 12.6 Å². The van der Waals surface area contributed by atoms with E-state index in [1.807, 2.05) is 0 Å². The minimum absolute atomic E-state index is 0.190. The fourth-order valence-electron chi connectivity index (χ4n) is 3.02. The lowest BCUT2D eigenvalue weighted by atomic mass is 10.1. The molecule has 0 bridgehead atoms. The van der Waals surface area contributed by atoms with Crippen molar-refractivity contribution in [1.82, 2.24) is 15.1 Å². The van der Waals surface area contributed by atoms with Gasteiger partial charge in [0.25, 0.3) is 5.91 Å². The average Bonchev–Trinajstić information content (AvgIpc) is 3.24. The Morgan fingerprint density at radius 2 is 1.68 bits per heavy atom. The number of amides is 1. The van der Waals surface area contributed by atoms with Gasteiger partial charge in [-0.3, -0.25) is 9.78 Å². The smallest absolute Gasteiger partial charge is 0.339 e. The summed E-state index contributed by atoms with van der Waals surface area (Å²) in [6.45, 7) is 0. The molecular formula is C22H15F3N4O2. The number of carbonyl (C=O) groups is 1. The van der Waals surface area contributed by atoms with Crippen LogP contribution in [0.4, 0.5) is 18.9 Å². The minimum Gasteiger partial charge on any atom is -0.339 e. The van der Waals surface area contributed by atoms with Crippen LogP contribution in [0, 0.1) is 0 Å². The van der Waals surface area contributed by atoms with Gasteiger partial charge in [-0.25, -0.2) is 0 Å². The first-order chi connectivity index (χ1) is 14.9. The van der Waals surface area contributed by atoms with Gasteiger partial charge in [0.1, 0.15) is 0 Å². The van der Waals surface area contributed by atoms with Gasteiger partial charge in [0.15, 0.2) is 0 Å². The standard InChI is InChI=1S/C22H15F3N4O2/c23-22(24,25)17-7-3-2-6-16(17)21(30)27-18-8-4-1-5-15(18)13-19-28-20(29-31-19)14-9-11-26-12-10-14/h1-12H,13H2,(H,27,30). The van der Waals surface area contributed by atoms with Crippen molar-refractivity contribution in [2.75, 3.05) is 5.32 Å². The summed E-state index contributed by atoms with van der Waals surface area (Å²) in [4.78, 5) is 20.9. The molecule has 0 saturated heterocycles. The van der Waals surface area contributed by atoms with E-state index in [2.05, 4.69) is 20.4 Å². The fraction of sp³-hybridized carbons (Fsp3) is 0.0909. The van der Waals surface area contributed by atoms with Crippen LogP contribution >= 0.6 is 0 Å².